The van der Waals surface area contributed by atoms with Crippen molar-refractivity contribution in [3.63, 3.8) is 0 Å². The first kappa shape index (κ1) is 23.5. The van der Waals surface area contributed by atoms with Gasteiger partial charge in [0.15, 0.2) is 0 Å². The lowest BCUT2D eigenvalue weighted by Crippen LogP contribution is -2.48. The van der Waals surface area contributed by atoms with Crippen molar-refractivity contribution in [1.82, 2.24) is 10.6 Å². The van der Waals surface area contributed by atoms with Gasteiger partial charge >= 0.3 is 12.1 Å². The molecule has 0 heterocycles. The van der Waals surface area contributed by atoms with Crippen LogP contribution in [0.1, 0.15) is 46.6 Å². The second kappa shape index (κ2) is 10.7. The molecule has 0 aliphatic carbocycles. The normalized spacial score (nSPS) is 13.4. The van der Waals surface area contributed by atoms with E-state index in [-0.39, 0.29) is 18.2 Å². The maximum Gasteiger partial charge on any atom is 0.407 e. The average Bonchev–Trinajstić information content (AvgIpc) is 2.59. The number of methoxy groups -OCH3 is 1. The Hall–Kier alpha value is -2.57. The van der Waals surface area contributed by atoms with Crippen LogP contribution in [0, 0.1) is 5.92 Å². The van der Waals surface area contributed by atoms with E-state index in [1.165, 1.54) is 7.11 Å². The van der Waals surface area contributed by atoms with Crippen LogP contribution in [-0.2, 0) is 25.5 Å². The number of carbonyl (C=O) groups is 3. The number of carbonyl (C=O) groups excluding carboxylic acids is 3. The highest BCUT2D eigenvalue weighted by Gasteiger charge is 2.26. The molecule has 7 nitrogen and oxygen atoms in total. The zero-order valence-corrected chi connectivity index (χ0v) is 17.6. The minimum atomic E-state index is -0.797. The number of hydrogen-bond acceptors (Lipinski definition) is 5. The number of alkyl carbamates (subject to hydrolysis) is 1. The number of benzene rings is 1. The Bertz CT molecular complexity index is 653. The number of rotatable bonds is 8. The van der Waals surface area contributed by atoms with Crippen LogP contribution in [0.4, 0.5) is 4.79 Å². The van der Waals surface area contributed by atoms with Gasteiger partial charge in [-0.3, -0.25) is 4.79 Å². The van der Waals surface area contributed by atoms with Crippen LogP contribution >= 0.6 is 0 Å². The summed E-state index contributed by atoms with van der Waals surface area (Å²) >= 11 is 0. The monoisotopic (exact) mass is 392 g/mol. The van der Waals surface area contributed by atoms with Crippen LogP contribution in [0.2, 0.25) is 0 Å². The molecule has 1 aromatic rings. The first-order valence-corrected chi connectivity index (χ1v) is 9.42. The number of nitrogens with one attached hydrogen (secondary N) is 2. The third-order valence-electron chi connectivity index (χ3n) is 4.02. The quantitative estimate of drug-likeness (QED) is 0.664. The smallest absolute Gasteiger partial charge is 0.407 e. The van der Waals surface area contributed by atoms with Crippen LogP contribution in [-0.4, -0.2) is 42.8 Å². The molecule has 7 heteroatoms. The molecule has 0 bridgehead atoms. The molecular weight excluding hydrogens is 360 g/mol. The Labute approximate surface area is 167 Å². The molecule has 2 N–H and O–H groups in total. The van der Waals surface area contributed by atoms with E-state index >= 15 is 0 Å². The van der Waals surface area contributed by atoms with Crippen molar-refractivity contribution < 1.29 is 23.9 Å². The van der Waals surface area contributed by atoms with E-state index in [0.29, 0.717) is 6.42 Å². The van der Waals surface area contributed by atoms with Gasteiger partial charge in [0.2, 0.25) is 5.91 Å². The van der Waals surface area contributed by atoms with Crippen molar-refractivity contribution in [3.8, 4) is 0 Å². The summed E-state index contributed by atoms with van der Waals surface area (Å²) < 4.78 is 10.1. The second-order valence-electron chi connectivity index (χ2n) is 8.03. The van der Waals surface area contributed by atoms with Gasteiger partial charge in [0.05, 0.1) is 7.11 Å². The molecule has 28 heavy (non-hydrogen) atoms. The third-order valence-corrected chi connectivity index (χ3v) is 4.02. The summed E-state index contributed by atoms with van der Waals surface area (Å²) in [4.78, 5) is 36.6. The molecule has 0 saturated heterocycles. The third kappa shape index (κ3) is 8.88. The molecule has 1 aromatic carbocycles. The summed E-state index contributed by atoms with van der Waals surface area (Å²) in [6.45, 7) is 9.12. The average molecular weight is 392 g/mol. The molecule has 156 valence electrons. The van der Waals surface area contributed by atoms with Gasteiger partial charge in [-0.1, -0.05) is 44.2 Å². The van der Waals surface area contributed by atoms with E-state index in [1.54, 1.807) is 20.8 Å². The van der Waals surface area contributed by atoms with Gasteiger partial charge < -0.3 is 20.1 Å². The fourth-order valence-electron chi connectivity index (χ4n) is 2.55. The zero-order valence-electron chi connectivity index (χ0n) is 17.6. The SMILES string of the molecule is COC(=O)[C@@H](Cc1ccccc1)NC(=O)C[C@@H](NC(=O)OC(C)(C)C)C(C)C. The summed E-state index contributed by atoms with van der Waals surface area (Å²) in [7, 11) is 1.29. The van der Waals surface area contributed by atoms with Crippen LogP contribution < -0.4 is 10.6 Å². The lowest BCUT2D eigenvalue weighted by Gasteiger charge is -2.26. The molecule has 2 amide bonds. The summed E-state index contributed by atoms with van der Waals surface area (Å²) in [5.74, 6) is -0.858. The van der Waals surface area contributed by atoms with Crippen molar-refractivity contribution in [2.75, 3.05) is 7.11 Å². The van der Waals surface area contributed by atoms with Gasteiger partial charge in [0.1, 0.15) is 11.6 Å². The summed E-state index contributed by atoms with van der Waals surface area (Å²) in [6, 6.07) is 8.15. The number of esters is 1. The van der Waals surface area contributed by atoms with Crippen molar-refractivity contribution in [2.45, 2.75) is 65.1 Å². The highest BCUT2D eigenvalue weighted by Crippen LogP contribution is 2.11. The minimum Gasteiger partial charge on any atom is -0.467 e. The van der Waals surface area contributed by atoms with E-state index in [0.717, 1.165) is 5.56 Å². The van der Waals surface area contributed by atoms with Gasteiger partial charge in [-0.05, 0) is 32.3 Å². The molecule has 0 aliphatic rings. The molecule has 0 radical (unpaired) electrons. The molecular formula is C21H32N2O5. The maximum absolute atomic E-state index is 12.5. The zero-order chi connectivity index (χ0) is 21.3. The standard InChI is InChI=1S/C21H32N2O5/c1-14(2)16(23-20(26)28-21(3,4)5)13-18(24)22-17(19(25)27-6)12-15-10-8-7-9-11-15/h7-11,14,16-17H,12-13H2,1-6H3,(H,22,24)(H,23,26)/t16-,17-/m1/s1. The van der Waals surface area contributed by atoms with Gasteiger partial charge in [-0.15, -0.1) is 0 Å². The summed E-state index contributed by atoms with van der Waals surface area (Å²) in [5.41, 5.74) is 0.282. The first-order chi connectivity index (χ1) is 13.0. The van der Waals surface area contributed by atoms with E-state index < -0.39 is 29.7 Å². The van der Waals surface area contributed by atoms with Crippen LogP contribution in [0.3, 0.4) is 0 Å². The molecule has 0 aromatic heterocycles. The lowest BCUT2D eigenvalue weighted by molar-refractivity contribution is -0.145. The highest BCUT2D eigenvalue weighted by molar-refractivity contribution is 5.85. The molecule has 2 atom stereocenters. The van der Waals surface area contributed by atoms with Gasteiger partial charge in [-0.2, -0.15) is 0 Å². The van der Waals surface area contributed by atoms with Crippen LogP contribution in [0.25, 0.3) is 0 Å². The topological polar surface area (TPSA) is 93.7 Å². The number of ether oxygens (including phenoxy) is 2. The summed E-state index contributed by atoms with van der Waals surface area (Å²) in [6.07, 6.45) is -0.225. The fourth-order valence-corrected chi connectivity index (χ4v) is 2.55. The van der Waals surface area contributed by atoms with E-state index in [2.05, 4.69) is 10.6 Å². The van der Waals surface area contributed by atoms with E-state index in [4.69, 9.17) is 9.47 Å². The fraction of sp³-hybridized carbons (Fsp3) is 0.571. The lowest BCUT2D eigenvalue weighted by atomic mass is 10.00. The molecule has 0 saturated carbocycles. The second-order valence-corrected chi connectivity index (χ2v) is 8.03. The van der Waals surface area contributed by atoms with Crippen molar-refractivity contribution >= 4 is 18.0 Å². The van der Waals surface area contributed by atoms with Gasteiger partial charge in [0.25, 0.3) is 0 Å². The maximum atomic E-state index is 12.5. The molecule has 0 fully saturated rings. The number of amides is 2. The molecule has 0 aliphatic heterocycles. The molecule has 0 spiro atoms. The van der Waals surface area contributed by atoms with Crippen LogP contribution in [0.15, 0.2) is 30.3 Å². The van der Waals surface area contributed by atoms with E-state index in [9.17, 15) is 14.4 Å². The molecule has 0 unspecified atom stereocenters. The van der Waals surface area contributed by atoms with Crippen molar-refractivity contribution in [1.29, 1.82) is 0 Å². The largest absolute Gasteiger partial charge is 0.467 e. The van der Waals surface area contributed by atoms with Crippen molar-refractivity contribution in [2.24, 2.45) is 5.92 Å². The Balaban J connectivity index is 2.74. The van der Waals surface area contributed by atoms with Crippen molar-refractivity contribution in [3.05, 3.63) is 35.9 Å². The minimum absolute atomic E-state index is 0.00367. The van der Waals surface area contributed by atoms with Gasteiger partial charge in [0, 0.05) is 18.9 Å². The predicted molar refractivity (Wildman–Crippen MR) is 107 cm³/mol. The summed E-state index contributed by atoms with van der Waals surface area (Å²) in [5, 5.41) is 5.45. The van der Waals surface area contributed by atoms with Crippen LogP contribution in [0.5, 0.6) is 0 Å². The first-order valence-electron chi connectivity index (χ1n) is 9.42. The molecule has 1 rings (SSSR count). The predicted octanol–water partition coefficient (Wildman–Crippen LogP) is 2.83. The van der Waals surface area contributed by atoms with Gasteiger partial charge in [-0.25, -0.2) is 9.59 Å². The Morgan fingerprint density at radius 2 is 1.64 bits per heavy atom. The highest BCUT2D eigenvalue weighted by atomic mass is 16.6. The Morgan fingerprint density at radius 1 is 1.04 bits per heavy atom. The Morgan fingerprint density at radius 3 is 2.14 bits per heavy atom. The Kier molecular flexibility index (Phi) is 8.96. The van der Waals surface area contributed by atoms with E-state index in [1.807, 2.05) is 44.2 Å². The number of hydrogen-bond donors (Lipinski definition) is 2.